The summed E-state index contributed by atoms with van der Waals surface area (Å²) in [6.45, 7) is 4.10. The lowest BCUT2D eigenvalue weighted by atomic mass is 10.4. The Morgan fingerprint density at radius 3 is 2.10 bits per heavy atom. The van der Waals surface area contributed by atoms with Crippen LogP contribution in [0.2, 0.25) is 0 Å². The molecule has 20 heavy (non-hydrogen) atoms. The minimum absolute atomic E-state index is 0.145. The Labute approximate surface area is 118 Å². The molecule has 1 aromatic rings. The molecule has 0 aliphatic carbocycles. The molecule has 0 aromatic heterocycles. The zero-order valence-electron chi connectivity index (χ0n) is 11.0. The van der Waals surface area contributed by atoms with Crippen molar-refractivity contribution >= 4 is 20.2 Å². The first-order chi connectivity index (χ1) is 9.16. The zero-order chi connectivity index (χ0) is 15.4. The zero-order valence-corrected chi connectivity index (χ0v) is 12.7. The fourth-order valence-electron chi connectivity index (χ4n) is 1.44. The maximum Gasteiger partial charge on any atom is 0.332 e. The molecule has 114 valence electrons. The van der Waals surface area contributed by atoms with Crippen molar-refractivity contribution in [2.45, 2.75) is 29.7 Å². The Hall–Kier alpha value is -1.03. The molecule has 1 atom stereocenters. The largest absolute Gasteiger partial charge is 0.380 e. The maximum absolute atomic E-state index is 12.7. The van der Waals surface area contributed by atoms with Gasteiger partial charge in [-0.25, -0.2) is 13.1 Å². The smallest absolute Gasteiger partial charge is 0.332 e. The molecular formula is C11H16FNO5S2. The Morgan fingerprint density at radius 2 is 1.65 bits per heavy atom. The van der Waals surface area contributed by atoms with Crippen molar-refractivity contribution in [2.24, 2.45) is 0 Å². The van der Waals surface area contributed by atoms with Gasteiger partial charge in [0.05, 0.1) is 16.4 Å². The summed E-state index contributed by atoms with van der Waals surface area (Å²) in [7, 11) is -8.63. The fraction of sp³-hybridized carbons (Fsp3) is 0.455. The van der Waals surface area contributed by atoms with E-state index >= 15 is 0 Å². The maximum atomic E-state index is 12.7. The first-order valence-electron chi connectivity index (χ1n) is 5.81. The first kappa shape index (κ1) is 17.0. The van der Waals surface area contributed by atoms with Gasteiger partial charge in [-0.15, -0.1) is 3.89 Å². The van der Waals surface area contributed by atoms with Crippen LogP contribution in [0, 0.1) is 0 Å². The van der Waals surface area contributed by atoms with E-state index in [1.165, 1.54) is 0 Å². The van der Waals surface area contributed by atoms with Gasteiger partial charge < -0.3 is 4.74 Å². The summed E-state index contributed by atoms with van der Waals surface area (Å²) in [6.07, 6.45) is 0. The Balaban J connectivity index is 2.88. The van der Waals surface area contributed by atoms with E-state index in [1.807, 2.05) is 0 Å². The second kappa shape index (κ2) is 6.61. The SMILES string of the molecule is CCOCC(C)NS(=O)(=O)c1ccc(S(=O)(=O)F)cc1. The second-order valence-corrected chi connectivity index (χ2v) is 7.15. The van der Waals surface area contributed by atoms with Crippen molar-refractivity contribution in [2.75, 3.05) is 13.2 Å². The van der Waals surface area contributed by atoms with Gasteiger partial charge in [0.1, 0.15) is 0 Å². The van der Waals surface area contributed by atoms with E-state index in [4.69, 9.17) is 4.74 Å². The molecule has 0 aliphatic rings. The predicted molar refractivity (Wildman–Crippen MR) is 71.0 cm³/mol. The summed E-state index contributed by atoms with van der Waals surface area (Å²) in [5.41, 5.74) is 0. The summed E-state index contributed by atoms with van der Waals surface area (Å²) in [6, 6.07) is 3.42. The van der Waals surface area contributed by atoms with Gasteiger partial charge in [-0.05, 0) is 38.1 Å². The summed E-state index contributed by atoms with van der Waals surface area (Å²) in [4.78, 5) is -0.730. The van der Waals surface area contributed by atoms with Crippen LogP contribution in [0.4, 0.5) is 3.89 Å². The molecule has 1 rings (SSSR count). The number of hydrogen-bond acceptors (Lipinski definition) is 5. The number of benzene rings is 1. The molecule has 6 nitrogen and oxygen atoms in total. The number of nitrogens with one attached hydrogen (secondary N) is 1. The quantitative estimate of drug-likeness (QED) is 0.757. The van der Waals surface area contributed by atoms with Gasteiger partial charge in [-0.2, -0.15) is 8.42 Å². The number of hydrogen-bond donors (Lipinski definition) is 1. The van der Waals surface area contributed by atoms with E-state index in [2.05, 4.69) is 4.72 Å². The van der Waals surface area contributed by atoms with E-state index in [0.29, 0.717) is 6.61 Å². The Morgan fingerprint density at radius 1 is 1.15 bits per heavy atom. The molecule has 0 aliphatic heterocycles. The average molecular weight is 325 g/mol. The van der Waals surface area contributed by atoms with Crippen LogP contribution >= 0.6 is 0 Å². The molecule has 0 fully saturated rings. The van der Waals surface area contributed by atoms with E-state index in [-0.39, 0.29) is 11.5 Å². The van der Waals surface area contributed by atoms with E-state index in [9.17, 15) is 20.7 Å². The highest BCUT2D eigenvalue weighted by Crippen LogP contribution is 2.16. The van der Waals surface area contributed by atoms with Gasteiger partial charge in [0, 0.05) is 12.6 Å². The van der Waals surface area contributed by atoms with Crippen LogP contribution in [0.1, 0.15) is 13.8 Å². The molecule has 0 spiro atoms. The number of halogens is 1. The standard InChI is InChI=1S/C11H16FNO5S2/c1-3-18-8-9(2)13-20(16,17)11-6-4-10(5-7-11)19(12,14)15/h4-7,9,13H,3,8H2,1-2H3. The highest BCUT2D eigenvalue weighted by molar-refractivity contribution is 7.89. The van der Waals surface area contributed by atoms with Crippen molar-refractivity contribution in [3.8, 4) is 0 Å². The van der Waals surface area contributed by atoms with Crippen molar-refractivity contribution in [3.63, 3.8) is 0 Å². The minimum atomic E-state index is -4.84. The van der Waals surface area contributed by atoms with Crippen molar-refractivity contribution in [3.05, 3.63) is 24.3 Å². The van der Waals surface area contributed by atoms with Crippen LogP contribution in [0.3, 0.4) is 0 Å². The van der Waals surface area contributed by atoms with E-state index < -0.39 is 31.2 Å². The van der Waals surface area contributed by atoms with Crippen molar-refractivity contribution in [1.82, 2.24) is 4.72 Å². The summed E-state index contributed by atoms with van der Waals surface area (Å²) >= 11 is 0. The van der Waals surface area contributed by atoms with Gasteiger partial charge in [-0.3, -0.25) is 0 Å². The third-order valence-corrected chi connectivity index (χ3v) is 4.78. The van der Waals surface area contributed by atoms with Crippen LogP contribution in [0.25, 0.3) is 0 Å². The number of rotatable bonds is 7. The van der Waals surface area contributed by atoms with Crippen molar-refractivity contribution in [1.29, 1.82) is 0 Å². The highest BCUT2D eigenvalue weighted by atomic mass is 32.3. The normalized spacial score (nSPS) is 14.2. The van der Waals surface area contributed by atoms with Crippen LogP contribution in [-0.2, 0) is 25.0 Å². The van der Waals surface area contributed by atoms with Gasteiger partial charge in [-0.1, -0.05) is 0 Å². The molecule has 1 N–H and O–H groups in total. The van der Waals surface area contributed by atoms with Gasteiger partial charge >= 0.3 is 10.2 Å². The molecule has 0 bridgehead atoms. The van der Waals surface area contributed by atoms with Crippen LogP contribution < -0.4 is 4.72 Å². The third kappa shape index (κ3) is 4.82. The molecule has 0 amide bonds. The van der Waals surface area contributed by atoms with Gasteiger partial charge in [0.25, 0.3) is 0 Å². The molecule has 1 aromatic carbocycles. The second-order valence-electron chi connectivity index (χ2n) is 4.09. The van der Waals surface area contributed by atoms with Crippen molar-refractivity contribution < 1.29 is 25.5 Å². The van der Waals surface area contributed by atoms with E-state index in [1.54, 1.807) is 13.8 Å². The van der Waals surface area contributed by atoms with Crippen LogP contribution in [-0.4, -0.2) is 36.1 Å². The molecule has 9 heteroatoms. The number of sulfonamides is 1. The monoisotopic (exact) mass is 325 g/mol. The highest BCUT2D eigenvalue weighted by Gasteiger charge is 2.19. The summed E-state index contributed by atoms with van der Waals surface area (Å²) in [5.74, 6) is 0. The number of ether oxygens (including phenoxy) is 1. The lowest BCUT2D eigenvalue weighted by Crippen LogP contribution is -2.35. The Kier molecular flexibility index (Phi) is 5.63. The summed E-state index contributed by atoms with van der Waals surface area (Å²) in [5, 5.41) is 0. The molecule has 0 heterocycles. The Bertz CT molecular complexity index is 640. The predicted octanol–water partition coefficient (Wildman–Crippen LogP) is 1.05. The topological polar surface area (TPSA) is 89.5 Å². The molecule has 0 radical (unpaired) electrons. The third-order valence-electron chi connectivity index (χ3n) is 2.34. The molecule has 0 saturated carbocycles. The minimum Gasteiger partial charge on any atom is -0.380 e. The fourth-order valence-corrected chi connectivity index (χ4v) is 3.13. The first-order valence-corrected chi connectivity index (χ1v) is 8.68. The molecular weight excluding hydrogens is 309 g/mol. The van der Waals surface area contributed by atoms with Crippen LogP contribution in [0.5, 0.6) is 0 Å². The van der Waals surface area contributed by atoms with Crippen LogP contribution in [0.15, 0.2) is 34.1 Å². The van der Waals surface area contributed by atoms with E-state index in [0.717, 1.165) is 24.3 Å². The van der Waals surface area contributed by atoms with Gasteiger partial charge in [0.2, 0.25) is 10.0 Å². The summed E-state index contributed by atoms with van der Waals surface area (Å²) < 4.78 is 65.3. The molecule has 1 unspecified atom stereocenters. The lowest BCUT2D eigenvalue weighted by Gasteiger charge is -2.14. The average Bonchev–Trinajstić information content (AvgIpc) is 2.35. The lowest BCUT2D eigenvalue weighted by molar-refractivity contribution is 0.133. The molecule has 0 saturated heterocycles. The van der Waals surface area contributed by atoms with Gasteiger partial charge in [0.15, 0.2) is 0 Å².